The average molecular weight is 285 g/mol. The van der Waals surface area contributed by atoms with Gasteiger partial charge in [-0.05, 0) is 23.6 Å². The Labute approximate surface area is 119 Å². The van der Waals surface area contributed by atoms with E-state index in [0.29, 0.717) is 11.7 Å². The first-order valence-electron chi connectivity index (χ1n) is 5.98. The minimum absolute atomic E-state index is 0.203. The Morgan fingerprint density at radius 1 is 1.20 bits per heavy atom. The number of carbonyl (C=O) groups excluding carboxylic acids is 1. The van der Waals surface area contributed by atoms with Gasteiger partial charge in [-0.25, -0.2) is 9.78 Å². The predicted octanol–water partition coefficient (Wildman–Crippen LogP) is 3.86. The van der Waals surface area contributed by atoms with Crippen molar-refractivity contribution in [3.63, 3.8) is 0 Å². The SMILES string of the molecule is COC(=O)c1nc(-c2ccccc2)oc1-c1cccs1. The summed E-state index contributed by atoms with van der Waals surface area (Å²) >= 11 is 1.49. The van der Waals surface area contributed by atoms with E-state index in [1.54, 1.807) is 0 Å². The Morgan fingerprint density at radius 2 is 2.00 bits per heavy atom. The van der Waals surface area contributed by atoms with Crippen LogP contribution < -0.4 is 0 Å². The first kappa shape index (κ1) is 12.6. The third kappa shape index (κ3) is 2.23. The normalized spacial score (nSPS) is 10.4. The highest BCUT2D eigenvalue weighted by molar-refractivity contribution is 7.13. The van der Waals surface area contributed by atoms with Crippen LogP contribution in [-0.2, 0) is 4.74 Å². The van der Waals surface area contributed by atoms with Crippen molar-refractivity contribution in [1.29, 1.82) is 0 Å². The minimum Gasteiger partial charge on any atom is -0.464 e. The van der Waals surface area contributed by atoms with Crippen molar-refractivity contribution in [2.45, 2.75) is 0 Å². The summed E-state index contributed by atoms with van der Waals surface area (Å²) in [6.07, 6.45) is 0. The zero-order chi connectivity index (χ0) is 13.9. The molecule has 0 fully saturated rings. The first-order valence-corrected chi connectivity index (χ1v) is 6.86. The second-order valence-electron chi connectivity index (χ2n) is 4.03. The highest BCUT2D eigenvalue weighted by atomic mass is 32.1. The van der Waals surface area contributed by atoms with Crippen LogP contribution in [0.1, 0.15) is 10.5 Å². The van der Waals surface area contributed by atoms with Crippen LogP contribution in [0.4, 0.5) is 0 Å². The van der Waals surface area contributed by atoms with E-state index in [-0.39, 0.29) is 5.69 Å². The van der Waals surface area contributed by atoms with Gasteiger partial charge in [-0.1, -0.05) is 24.3 Å². The molecule has 2 heterocycles. The summed E-state index contributed by atoms with van der Waals surface area (Å²) in [5.41, 5.74) is 1.02. The topological polar surface area (TPSA) is 52.3 Å². The summed E-state index contributed by atoms with van der Waals surface area (Å²) in [5.74, 6) is 0.361. The lowest BCUT2D eigenvalue weighted by molar-refractivity contribution is 0.0595. The summed E-state index contributed by atoms with van der Waals surface area (Å²) < 4.78 is 10.5. The van der Waals surface area contributed by atoms with Gasteiger partial charge in [0.25, 0.3) is 0 Å². The van der Waals surface area contributed by atoms with Crippen molar-refractivity contribution in [3.05, 3.63) is 53.5 Å². The van der Waals surface area contributed by atoms with E-state index < -0.39 is 5.97 Å². The van der Waals surface area contributed by atoms with Crippen LogP contribution in [0.3, 0.4) is 0 Å². The van der Waals surface area contributed by atoms with Crippen molar-refractivity contribution >= 4 is 17.3 Å². The van der Waals surface area contributed by atoms with E-state index in [4.69, 9.17) is 9.15 Å². The van der Waals surface area contributed by atoms with Crippen LogP contribution in [0.2, 0.25) is 0 Å². The molecule has 0 aliphatic heterocycles. The van der Waals surface area contributed by atoms with Crippen LogP contribution in [0.25, 0.3) is 22.1 Å². The van der Waals surface area contributed by atoms with Gasteiger partial charge in [0, 0.05) is 5.56 Å². The van der Waals surface area contributed by atoms with Crippen molar-refractivity contribution in [1.82, 2.24) is 4.98 Å². The molecule has 3 aromatic rings. The molecule has 0 saturated heterocycles. The molecule has 5 heteroatoms. The number of aromatic nitrogens is 1. The predicted molar refractivity (Wildman–Crippen MR) is 76.6 cm³/mol. The van der Waals surface area contributed by atoms with Gasteiger partial charge >= 0.3 is 5.97 Å². The summed E-state index contributed by atoms with van der Waals surface area (Å²) in [5, 5.41) is 1.92. The molecule has 0 amide bonds. The molecule has 0 bridgehead atoms. The zero-order valence-corrected chi connectivity index (χ0v) is 11.5. The molecular formula is C15H11NO3S. The van der Waals surface area contributed by atoms with Crippen molar-refractivity contribution in [3.8, 4) is 22.1 Å². The molecule has 3 rings (SSSR count). The number of carbonyl (C=O) groups is 1. The second-order valence-corrected chi connectivity index (χ2v) is 4.98. The van der Waals surface area contributed by atoms with Gasteiger partial charge < -0.3 is 9.15 Å². The molecule has 0 spiro atoms. The van der Waals surface area contributed by atoms with Crippen LogP contribution in [-0.4, -0.2) is 18.1 Å². The molecule has 4 nitrogen and oxygen atoms in total. The molecule has 20 heavy (non-hydrogen) atoms. The fourth-order valence-electron chi connectivity index (χ4n) is 1.83. The van der Waals surface area contributed by atoms with Crippen molar-refractivity contribution in [2.75, 3.05) is 7.11 Å². The fourth-order valence-corrected chi connectivity index (χ4v) is 2.54. The molecule has 0 aliphatic rings. The second kappa shape index (κ2) is 5.30. The number of ether oxygens (including phenoxy) is 1. The number of oxazole rings is 1. The number of hydrogen-bond donors (Lipinski definition) is 0. The number of methoxy groups -OCH3 is 1. The fraction of sp³-hybridized carbons (Fsp3) is 0.0667. The molecule has 100 valence electrons. The monoisotopic (exact) mass is 285 g/mol. The van der Waals surface area contributed by atoms with E-state index in [9.17, 15) is 4.79 Å². The van der Waals surface area contributed by atoms with Crippen LogP contribution in [0.5, 0.6) is 0 Å². The Bertz CT molecular complexity index is 717. The first-order chi connectivity index (χ1) is 9.79. The van der Waals surface area contributed by atoms with E-state index in [0.717, 1.165) is 10.4 Å². The van der Waals surface area contributed by atoms with Gasteiger partial charge in [-0.2, -0.15) is 0 Å². The average Bonchev–Trinajstić information content (AvgIpc) is 3.16. The maximum Gasteiger partial charge on any atom is 0.360 e. The molecule has 0 radical (unpaired) electrons. The van der Waals surface area contributed by atoms with E-state index in [1.807, 2.05) is 47.8 Å². The zero-order valence-electron chi connectivity index (χ0n) is 10.7. The maximum atomic E-state index is 11.8. The van der Waals surface area contributed by atoms with E-state index in [1.165, 1.54) is 18.4 Å². The number of esters is 1. The van der Waals surface area contributed by atoms with Crippen molar-refractivity contribution in [2.24, 2.45) is 0 Å². The summed E-state index contributed by atoms with van der Waals surface area (Å²) in [4.78, 5) is 17.0. The van der Waals surface area contributed by atoms with E-state index >= 15 is 0 Å². The van der Waals surface area contributed by atoms with Crippen LogP contribution in [0, 0.1) is 0 Å². The molecular weight excluding hydrogens is 274 g/mol. The largest absolute Gasteiger partial charge is 0.464 e. The van der Waals surface area contributed by atoms with Gasteiger partial charge in [0.2, 0.25) is 5.89 Å². The quantitative estimate of drug-likeness (QED) is 0.686. The standard InChI is InChI=1S/C15H11NO3S/c1-18-15(17)12-13(11-8-5-9-20-11)19-14(16-12)10-6-3-2-4-7-10/h2-9H,1H3. The molecule has 0 atom stereocenters. The molecule has 0 aliphatic carbocycles. The van der Waals surface area contributed by atoms with Gasteiger partial charge in [0.05, 0.1) is 12.0 Å². The lowest BCUT2D eigenvalue weighted by Gasteiger charge is -1.95. The molecule has 0 unspecified atom stereocenters. The van der Waals surface area contributed by atoms with Gasteiger partial charge in [0.15, 0.2) is 11.5 Å². The molecule has 2 aromatic heterocycles. The Hall–Kier alpha value is -2.40. The maximum absolute atomic E-state index is 11.8. The Morgan fingerprint density at radius 3 is 2.65 bits per heavy atom. The summed E-state index contributed by atoms with van der Waals surface area (Å²) in [7, 11) is 1.33. The smallest absolute Gasteiger partial charge is 0.360 e. The van der Waals surface area contributed by atoms with E-state index in [2.05, 4.69) is 4.98 Å². The number of nitrogens with zero attached hydrogens (tertiary/aromatic N) is 1. The summed E-state index contributed by atoms with van der Waals surface area (Å²) in [6, 6.07) is 13.2. The Balaban J connectivity index is 2.14. The number of hydrogen-bond acceptors (Lipinski definition) is 5. The lowest BCUT2D eigenvalue weighted by atomic mass is 10.2. The number of benzene rings is 1. The third-order valence-electron chi connectivity index (χ3n) is 2.77. The highest BCUT2D eigenvalue weighted by Crippen LogP contribution is 2.32. The molecule has 0 saturated carbocycles. The third-order valence-corrected chi connectivity index (χ3v) is 3.64. The van der Waals surface area contributed by atoms with Crippen LogP contribution in [0.15, 0.2) is 52.3 Å². The molecule has 0 N–H and O–H groups in total. The van der Waals surface area contributed by atoms with Gasteiger partial charge in [0.1, 0.15) is 0 Å². The minimum atomic E-state index is -0.501. The van der Waals surface area contributed by atoms with Crippen molar-refractivity contribution < 1.29 is 13.9 Å². The van der Waals surface area contributed by atoms with Gasteiger partial charge in [-0.15, -0.1) is 11.3 Å². The highest BCUT2D eigenvalue weighted by Gasteiger charge is 2.23. The van der Waals surface area contributed by atoms with Gasteiger partial charge in [-0.3, -0.25) is 0 Å². The van der Waals surface area contributed by atoms with Crippen LogP contribution >= 0.6 is 11.3 Å². The number of rotatable bonds is 3. The Kier molecular flexibility index (Phi) is 3.35. The molecule has 1 aromatic carbocycles. The summed E-state index contributed by atoms with van der Waals surface area (Å²) in [6.45, 7) is 0. The lowest BCUT2D eigenvalue weighted by Crippen LogP contribution is -2.03. The number of thiophene rings is 1.